The summed E-state index contributed by atoms with van der Waals surface area (Å²) >= 11 is 0. The molecular formula is C21H26N4O2. The molecule has 6 heteroatoms. The molecule has 6 nitrogen and oxygen atoms in total. The first-order valence-electron chi connectivity index (χ1n) is 9.22. The summed E-state index contributed by atoms with van der Waals surface area (Å²) in [6.07, 6.45) is 2.84. The van der Waals surface area contributed by atoms with Crippen LogP contribution in [-0.4, -0.2) is 30.7 Å². The van der Waals surface area contributed by atoms with Gasteiger partial charge >= 0.3 is 0 Å². The normalized spacial score (nSPS) is 11.6. The van der Waals surface area contributed by atoms with E-state index < -0.39 is 0 Å². The van der Waals surface area contributed by atoms with Crippen LogP contribution in [0.15, 0.2) is 53.7 Å². The molecule has 0 unspecified atom stereocenters. The number of ether oxygens (including phenoxy) is 2. The number of hydrogen-bond acceptors (Lipinski definition) is 3. The van der Waals surface area contributed by atoms with Crippen LogP contribution in [-0.2, 0) is 6.42 Å². The van der Waals surface area contributed by atoms with Gasteiger partial charge in [-0.2, -0.15) is 0 Å². The van der Waals surface area contributed by atoms with Crippen molar-refractivity contribution in [3.8, 4) is 11.5 Å². The molecule has 0 atom stereocenters. The first-order chi connectivity index (χ1) is 13.2. The van der Waals surface area contributed by atoms with Gasteiger partial charge in [-0.3, -0.25) is 4.99 Å². The van der Waals surface area contributed by atoms with Crippen molar-refractivity contribution >= 4 is 22.5 Å². The van der Waals surface area contributed by atoms with Crippen molar-refractivity contribution in [2.45, 2.75) is 20.3 Å². The maximum absolute atomic E-state index is 6.08. The molecule has 3 rings (SSSR count). The second kappa shape index (κ2) is 8.98. The summed E-state index contributed by atoms with van der Waals surface area (Å²) in [7, 11) is 0. The second-order valence-corrected chi connectivity index (χ2v) is 6.03. The number of aromatic amines is 1. The summed E-state index contributed by atoms with van der Waals surface area (Å²) in [6.45, 7) is 5.65. The number of para-hydroxylation sites is 1. The number of anilines is 1. The Morgan fingerprint density at radius 2 is 1.93 bits per heavy atom. The molecule has 0 spiro atoms. The third-order valence-corrected chi connectivity index (χ3v) is 4.16. The van der Waals surface area contributed by atoms with Crippen LogP contribution in [0.5, 0.6) is 11.5 Å². The average Bonchev–Trinajstić information content (AvgIpc) is 3.07. The largest absolute Gasteiger partial charge is 0.494 e. The second-order valence-electron chi connectivity index (χ2n) is 6.03. The van der Waals surface area contributed by atoms with E-state index in [0.29, 0.717) is 25.7 Å². The van der Waals surface area contributed by atoms with Gasteiger partial charge in [0.15, 0.2) is 5.96 Å². The first-order valence-corrected chi connectivity index (χ1v) is 9.22. The third kappa shape index (κ3) is 4.73. The molecule has 0 aliphatic rings. The van der Waals surface area contributed by atoms with Crippen LogP contribution in [0.2, 0.25) is 0 Å². The van der Waals surface area contributed by atoms with Gasteiger partial charge in [0.1, 0.15) is 11.5 Å². The summed E-state index contributed by atoms with van der Waals surface area (Å²) in [5.74, 6) is 1.83. The number of benzene rings is 2. The SMILES string of the molecule is CCOc1ccc(OCC)c(NC(N)=NCCc2c[nH]c3ccccc23)c1. The molecular weight excluding hydrogens is 340 g/mol. The molecule has 3 aromatic rings. The third-order valence-electron chi connectivity index (χ3n) is 4.16. The molecule has 142 valence electrons. The minimum atomic E-state index is 0.351. The first kappa shape index (κ1) is 18.6. The number of guanidine groups is 1. The van der Waals surface area contributed by atoms with Gasteiger partial charge in [0, 0.05) is 29.7 Å². The highest BCUT2D eigenvalue weighted by atomic mass is 16.5. The molecule has 1 heterocycles. The number of nitrogens with zero attached hydrogens (tertiary/aromatic N) is 1. The highest BCUT2D eigenvalue weighted by Gasteiger charge is 2.07. The number of nitrogens with one attached hydrogen (secondary N) is 2. The van der Waals surface area contributed by atoms with Crippen LogP contribution in [0.25, 0.3) is 10.9 Å². The zero-order chi connectivity index (χ0) is 19.1. The monoisotopic (exact) mass is 366 g/mol. The Labute approximate surface area is 159 Å². The van der Waals surface area contributed by atoms with Gasteiger partial charge < -0.3 is 25.5 Å². The fraction of sp³-hybridized carbons (Fsp3) is 0.286. The van der Waals surface area contributed by atoms with Crippen molar-refractivity contribution in [2.75, 3.05) is 25.1 Å². The number of rotatable bonds is 8. The standard InChI is InChI=1S/C21H26N4O2/c1-3-26-16-9-10-20(27-4-2)19(13-16)25-21(22)23-12-11-15-14-24-18-8-6-5-7-17(15)18/h5-10,13-14,24H,3-4,11-12H2,1-2H3,(H3,22,23,25). The van der Waals surface area contributed by atoms with E-state index >= 15 is 0 Å². The zero-order valence-electron chi connectivity index (χ0n) is 15.8. The van der Waals surface area contributed by atoms with Crippen molar-refractivity contribution in [1.82, 2.24) is 4.98 Å². The van der Waals surface area contributed by atoms with Gasteiger partial charge in [-0.1, -0.05) is 18.2 Å². The number of fused-ring (bicyclic) bond motifs is 1. The van der Waals surface area contributed by atoms with E-state index in [2.05, 4.69) is 27.4 Å². The van der Waals surface area contributed by atoms with Crippen molar-refractivity contribution in [3.63, 3.8) is 0 Å². The van der Waals surface area contributed by atoms with Gasteiger partial charge in [0.25, 0.3) is 0 Å². The maximum Gasteiger partial charge on any atom is 0.193 e. The highest BCUT2D eigenvalue weighted by molar-refractivity contribution is 5.94. The van der Waals surface area contributed by atoms with Crippen LogP contribution in [0.1, 0.15) is 19.4 Å². The minimum absolute atomic E-state index is 0.351. The number of aromatic nitrogens is 1. The smallest absolute Gasteiger partial charge is 0.193 e. The predicted molar refractivity (Wildman–Crippen MR) is 111 cm³/mol. The Balaban J connectivity index is 1.67. The lowest BCUT2D eigenvalue weighted by molar-refractivity contribution is 0.332. The molecule has 1 aromatic heterocycles. The van der Waals surface area contributed by atoms with Crippen LogP contribution in [0.4, 0.5) is 5.69 Å². The fourth-order valence-electron chi connectivity index (χ4n) is 2.96. The van der Waals surface area contributed by atoms with E-state index in [-0.39, 0.29) is 0 Å². The Kier molecular flexibility index (Phi) is 6.20. The zero-order valence-corrected chi connectivity index (χ0v) is 15.8. The maximum atomic E-state index is 6.08. The van der Waals surface area contributed by atoms with Crippen LogP contribution in [0, 0.1) is 0 Å². The molecule has 27 heavy (non-hydrogen) atoms. The van der Waals surface area contributed by atoms with Gasteiger partial charge in [-0.25, -0.2) is 0 Å². The molecule has 4 N–H and O–H groups in total. The molecule has 0 radical (unpaired) electrons. The van der Waals surface area contributed by atoms with Gasteiger partial charge in [-0.15, -0.1) is 0 Å². The number of aliphatic imine (C=N–C) groups is 1. The lowest BCUT2D eigenvalue weighted by Gasteiger charge is -2.14. The summed E-state index contributed by atoms with van der Waals surface area (Å²) in [4.78, 5) is 7.73. The van der Waals surface area contributed by atoms with Gasteiger partial charge in [-0.05, 0) is 44.0 Å². The average molecular weight is 366 g/mol. The van der Waals surface area contributed by atoms with Crippen molar-refractivity contribution in [3.05, 3.63) is 54.2 Å². The van der Waals surface area contributed by atoms with Gasteiger partial charge in [0.2, 0.25) is 0 Å². The molecule has 2 aromatic carbocycles. The molecule has 0 saturated heterocycles. The quantitative estimate of drug-likeness (QED) is 0.416. The molecule has 0 aliphatic carbocycles. The van der Waals surface area contributed by atoms with E-state index in [0.717, 1.165) is 29.1 Å². The fourth-order valence-corrected chi connectivity index (χ4v) is 2.96. The Morgan fingerprint density at radius 3 is 2.74 bits per heavy atom. The van der Waals surface area contributed by atoms with E-state index in [1.165, 1.54) is 10.9 Å². The van der Waals surface area contributed by atoms with Crippen LogP contribution < -0.4 is 20.5 Å². The van der Waals surface area contributed by atoms with Crippen molar-refractivity contribution in [1.29, 1.82) is 0 Å². The highest BCUT2D eigenvalue weighted by Crippen LogP contribution is 2.29. The number of hydrogen-bond donors (Lipinski definition) is 3. The lowest BCUT2D eigenvalue weighted by atomic mass is 10.1. The van der Waals surface area contributed by atoms with E-state index in [4.69, 9.17) is 15.2 Å². The van der Waals surface area contributed by atoms with Crippen molar-refractivity contribution in [2.24, 2.45) is 10.7 Å². The predicted octanol–water partition coefficient (Wildman–Crippen LogP) is 3.93. The Hall–Kier alpha value is -3.15. The molecule has 0 aliphatic heterocycles. The topological polar surface area (TPSA) is 84.7 Å². The number of H-pyrrole nitrogens is 1. The van der Waals surface area contributed by atoms with E-state index in [9.17, 15) is 0 Å². The molecule has 0 fully saturated rings. The molecule has 0 saturated carbocycles. The summed E-state index contributed by atoms with van der Waals surface area (Å²) < 4.78 is 11.2. The summed E-state index contributed by atoms with van der Waals surface area (Å²) in [5.41, 5.74) is 9.20. The number of nitrogens with two attached hydrogens (primary N) is 1. The van der Waals surface area contributed by atoms with Crippen LogP contribution in [0.3, 0.4) is 0 Å². The summed E-state index contributed by atoms with van der Waals surface area (Å²) in [5, 5.41) is 4.35. The summed E-state index contributed by atoms with van der Waals surface area (Å²) in [6, 6.07) is 13.9. The molecule has 0 bridgehead atoms. The Morgan fingerprint density at radius 1 is 1.11 bits per heavy atom. The van der Waals surface area contributed by atoms with E-state index in [1.807, 2.05) is 50.4 Å². The van der Waals surface area contributed by atoms with Gasteiger partial charge in [0.05, 0.1) is 18.9 Å². The minimum Gasteiger partial charge on any atom is -0.494 e. The Bertz CT molecular complexity index is 917. The lowest BCUT2D eigenvalue weighted by Crippen LogP contribution is -2.23. The van der Waals surface area contributed by atoms with Crippen LogP contribution >= 0.6 is 0 Å². The van der Waals surface area contributed by atoms with Crippen molar-refractivity contribution < 1.29 is 9.47 Å². The van der Waals surface area contributed by atoms with E-state index in [1.54, 1.807) is 0 Å². The molecule has 0 amide bonds.